The zero-order valence-electron chi connectivity index (χ0n) is 18.0. The molecule has 3 aromatic rings. The van der Waals surface area contributed by atoms with Crippen LogP contribution < -0.4 is 4.74 Å². The van der Waals surface area contributed by atoms with Crippen molar-refractivity contribution in [3.8, 4) is 17.0 Å². The van der Waals surface area contributed by atoms with E-state index < -0.39 is 53.8 Å². The van der Waals surface area contributed by atoms with Gasteiger partial charge in [0.05, 0.1) is 18.7 Å². The Balaban J connectivity index is 1.59. The van der Waals surface area contributed by atoms with Crippen molar-refractivity contribution < 1.29 is 38.0 Å². The maximum absolute atomic E-state index is 13.7. The Kier molecular flexibility index (Phi) is 8.19. The van der Waals surface area contributed by atoms with Crippen LogP contribution in [0.4, 0.5) is 13.2 Å². The van der Waals surface area contributed by atoms with E-state index in [0.717, 1.165) is 28.6 Å². The number of thioether (sulfide) groups is 1. The van der Waals surface area contributed by atoms with Crippen molar-refractivity contribution in [2.75, 3.05) is 19.1 Å². The van der Waals surface area contributed by atoms with E-state index in [9.17, 15) is 28.5 Å². The summed E-state index contributed by atoms with van der Waals surface area (Å²) >= 11 is 6.79. The minimum atomic E-state index is -1.61. The standard InChI is InChI=1S/C22H21ClF3N3O5S/c23-4-5-33-12-2-1-3-13(8-12)35-22-21(32)19(20(31)17(10-30)34-22)29-9-16(27-28-29)11-6-14(24)18(26)15(25)7-11/h1-3,6-9,17,19-22,30-32H,4-5,10H2/t17-,19+,20+,21-,22-/m1/s1. The molecule has 1 aromatic heterocycles. The summed E-state index contributed by atoms with van der Waals surface area (Å²) in [7, 11) is 0. The topological polar surface area (TPSA) is 110 Å². The number of rotatable bonds is 8. The number of hydrogen-bond donors (Lipinski definition) is 3. The molecule has 4 rings (SSSR count). The summed E-state index contributed by atoms with van der Waals surface area (Å²) in [4.78, 5) is 0.685. The number of nitrogens with zero attached hydrogens (tertiary/aromatic N) is 3. The van der Waals surface area contributed by atoms with Crippen LogP contribution in [0, 0.1) is 17.5 Å². The highest BCUT2D eigenvalue weighted by molar-refractivity contribution is 7.99. The summed E-state index contributed by atoms with van der Waals surface area (Å²) in [5.74, 6) is -3.52. The highest BCUT2D eigenvalue weighted by Crippen LogP contribution is 2.39. The molecule has 0 saturated carbocycles. The summed E-state index contributed by atoms with van der Waals surface area (Å²) in [6, 6.07) is 7.40. The molecule has 0 bridgehead atoms. The molecule has 0 unspecified atom stereocenters. The second kappa shape index (κ2) is 11.1. The highest BCUT2D eigenvalue weighted by Gasteiger charge is 2.46. The summed E-state index contributed by atoms with van der Waals surface area (Å²) in [5, 5.41) is 39.2. The zero-order chi connectivity index (χ0) is 25.1. The second-order valence-electron chi connectivity index (χ2n) is 7.67. The lowest BCUT2D eigenvalue weighted by Crippen LogP contribution is -2.55. The molecular weight excluding hydrogens is 511 g/mol. The van der Waals surface area contributed by atoms with E-state index in [2.05, 4.69) is 10.3 Å². The fraction of sp³-hybridized carbons (Fsp3) is 0.364. The van der Waals surface area contributed by atoms with E-state index in [1.807, 2.05) is 0 Å². The number of aliphatic hydroxyl groups excluding tert-OH is 3. The van der Waals surface area contributed by atoms with Gasteiger partial charge in [-0.1, -0.05) is 23.0 Å². The lowest BCUT2D eigenvalue weighted by molar-refractivity contribution is -0.178. The van der Waals surface area contributed by atoms with Crippen LogP contribution in [0.2, 0.25) is 0 Å². The lowest BCUT2D eigenvalue weighted by atomic mass is 9.97. The van der Waals surface area contributed by atoms with Crippen LogP contribution in [-0.2, 0) is 4.74 Å². The van der Waals surface area contributed by atoms with Crippen molar-refractivity contribution in [2.45, 2.75) is 34.7 Å². The fourth-order valence-corrected chi connectivity index (χ4v) is 4.85. The maximum atomic E-state index is 13.7. The van der Waals surface area contributed by atoms with Gasteiger partial charge in [-0.3, -0.25) is 0 Å². The third-order valence-electron chi connectivity index (χ3n) is 5.35. The van der Waals surface area contributed by atoms with E-state index in [1.165, 1.54) is 6.20 Å². The van der Waals surface area contributed by atoms with Gasteiger partial charge in [0.25, 0.3) is 0 Å². The summed E-state index contributed by atoms with van der Waals surface area (Å²) in [6.45, 7) is -0.230. The quantitative estimate of drug-likeness (QED) is 0.301. The van der Waals surface area contributed by atoms with Crippen LogP contribution >= 0.6 is 23.4 Å². The zero-order valence-corrected chi connectivity index (χ0v) is 19.5. The fourth-order valence-electron chi connectivity index (χ4n) is 3.66. The molecule has 5 atom stereocenters. The second-order valence-corrected chi connectivity index (χ2v) is 9.21. The van der Waals surface area contributed by atoms with Crippen molar-refractivity contribution in [3.05, 3.63) is 60.0 Å². The van der Waals surface area contributed by atoms with E-state index in [-0.39, 0.29) is 11.3 Å². The molecule has 0 amide bonds. The molecule has 1 aliphatic rings. The van der Waals surface area contributed by atoms with Gasteiger partial charge in [0, 0.05) is 10.5 Å². The Labute approximate surface area is 207 Å². The predicted octanol–water partition coefficient (Wildman–Crippen LogP) is 2.75. The van der Waals surface area contributed by atoms with E-state index in [4.69, 9.17) is 21.1 Å². The molecule has 188 valence electrons. The number of ether oxygens (including phenoxy) is 2. The minimum Gasteiger partial charge on any atom is -0.492 e. The van der Waals surface area contributed by atoms with Gasteiger partial charge < -0.3 is 24.8 Å². The first-order valence-electron chi connectivity index (χ1n) is 10.5. The molecule has 1 saturated heterocycles. The normalized spacial score (nSPS) is 24.5. The van der Waals surface area contributed by atoms with Crippen LogP contribution in [0.3, 0.4) is 0 Å². The summed E-state index contributed by atoms with van der Waals surface area (Å²) in [5.41, 5.74) is -1.03. The number of halogens is 4. The number of aromatic nitrogens is 3. The molecule has 2 aromatic carbocycles. The van der Waals surface area contributed by atoms with Crippen LogP contribution in [0.1, 0.15) is 6.04 Å². The van der Waals surface area contributed by atoms with Gasteiger partial charge in [-0.05, 0) is 30.3 Å². The van der Waals surface area contributed by atoms with Gasteiger partial charge in [0.1, 0.15) is 47.8 Å². The third-order valence-corrected chi connectivity index (χ3v) is 6.65. The van der Waals surface area contributed by atoms with Crippen LogP contribution in [0.25, 0.3) is 11.3 Å². The molecule has 0 aliphatic carbocycles. The van der Waals surface area contributed by atoms with Crippen molar-refractivity contribution in [2.24, 2.45) is 0 Å². The van der Waals surface area contributed by atoms with Gasteiger partial charge in [0.2, 0.25) is 0 Å². The molecule has 8 nitrogen and oxygen atoms in total. The smallest absolute Gasteiger partial charge is 0.194 e. The Morgan fingerprint density at radius 1 is 1.11 bits per heavy atom. The lowest BCUT2D eigenvalue weighted by Gasteiger charge is -2.41. The molecule has 1 fully saturated rings. The number of hydrogen-bond acceptors (Lipinski definition) is 8. The Morgan fingerprint density at radius 3 is 2.54 bits per heavy atom. The highest BCUT2D eigenvalue weighted by atomic mass is 35.5. The van der Waals surface area contributed by atoms with E-state index in [0.29, 0.717) is 23.1 Å². The minimum absolute atomic E-state index is 0.0115. The van der Waals surface area contributed by atoms with Crippen molar-refractivity contribution >= 4 is 23.4 Å². The van der Waals surface area contributed by atoms with Crippen molar-refractivity contribution in [1.82, 2.24) is 15.0 Å². The Morgan fingerprint density at radius 2 is 1.86 bits per heavy atom. The van der Waals surface area contributed by atoms with Gasteiger partial charge in [-0.2, -0.15) is 0 Å². The third kappa shape index (κ3) is 5.57. The summed E-state index contributed by atoms with van der Waals surface area (Å²) in [6.07, 6.45) is -2.53. The van der Waals surface area contributed by atoms with E-state index in [1.54, 1.807) is 24.3 Å². The molecule has 1 aliphatic heterocycles. The Hall–Kier alpha value is -2.35. The first-order chi connectivity index (χ1) is 16.8. The molecule has 35 heavy (non-hydrogen) atoms. The number of alkyl halides is 1. The molecule has 0 radical (unpaired) electrons. The van der Waals surface area contributed by atoms with E-state index >= 15 is 0 Å². The number of aliphatic hydroxyl groups is 3. The molecular formula is C22H21ClF3N3O5S. The average Bonchev–Trinajstić information content (AvgIpc) is 3.33. The molecule has 2 heterocycles. The van der Waals surface area contributed by atoms with Crippen LogP contribution in [-0.4, -0.2) is 73.2 Å². The largest absolute Gasteiger partial charge is 0.492 e. The first-order valence-corrected chi connectivity index (χ1v) is 11.9. The van der Waals surface area contributed by atoms with Gasteiger partial charge in [0.15, 0.2) is 17.5 Å². The number of benzene rings is 2. The average molecular weight is 532 g/mol. The maximum Gasteiger partial charge on any atom is 0.194 e. The van der Waals surface area contributed by atoms with Crippen molar-refractivity contribution in [1.29, 1.82) is 0 Å². The molecule has 3 N–H and O–H groups in total. The monoisotopic (exact) mass is 531 g/mol. The SMILES string of the molecule is OC[C@H]1O[C@H](Sc2cccc(OCCCl)c2)[C@H](O)[C@@H](n2cc(-c3cc(F)c(F)c(F)c3)nn2)[C@H]1O. The van der Waals surface area contributed by atoms with Gasteiger partial charge in [-0.15, -0.1) is 16.7 Å². The van der Waals surface area contributed by atoms with Gasteiger partial charge in [-0.25, -0.2) is 17.9 Å². The molecule has 13 heteroatoms. The van der Waals surface area contributed by atoms with Crippen LogP contribution in [0.5, 0.6) is 5.75 Å². The predicted molar refractivity (Wildman–Crippen MR) is 121 cm³/mol. The first kappa shape index (κ1) is 25.7. The Bertz CT molecular complexity index is 1150. The van der Waals surface area contributed by atoms with Crippen molar-refractivity contribution in [3.63, 3.8) is 0 Å². The van der Waals surface area contributed by atoms with Crippen LogP contribution in [0.15, 0.2) is 47.5 Å². The van der Waals surface area contributed by atoms with Gasteiger partial charge >= 0.3 is 0 Å². The summed E-state index contributed by atoms with van der Waals surface area (Å²) < 4.78 is 53.0. The molecule has 0 spiro atoms.